The minimum absolute atomic E-state index is 0.0988. The van der Waals surface area contributed by atoms with E-state index in [4.69, 9.17) is 11.6 Å². The molecule has 1 atom stereocenters. The van der Waals surface area contributed by atoms with Gasteiger partial charge in [0, 0.05) is 12.1 Å². The molecule has 0 bridgehead atoms. The van der Waals surface area contributed by atoms with Gasteiger partial charge in [0.05, 0.1) is 20.9 Å². The first kappa shape index (κ1) is 15.5. The van der Waals surface area contributed by atoms with Crippen LogP contribution in [-0.2, 0) is 9.84 Å². The highest BCUT2D eigenvalue weighted by Crippen LogP contribution is 2.26. The minimum atomic E-state index is -3.70. The summed E-state index contributed by atoms with van der Waals surface area (Å²) in [4.78, 5) is 9.98. The molecule has 0 amide bonds. The monoisotopic (exact) mass is 325 g/mol. The lowest BCUT2D eigenvalue weighted by Gasteiger charge is -2.10. The number of non-ortho nitro benzene ring substituents is 1. The molecule has 0 saturated heterocycles. The van der Waals surface area contributed by atoms with Crippen LogP contribution in [0.5, 0.6) is 0 Å². The third kappa shape index (κ3) is 3.80. The molecule has 0 aliphatic carbocycles. The van der Waals surface area contributed by atoms with Gasteiger partial charge in [-0.1, -0.05) is 36.4 Å². The highest BCUT2D eigenvalue weighted by Gasteiger charge is 2.22. The third-order valence-electron chi connectivity index (χ3n) is 2.91. The fourth-order valence-corrected chi connectivity index (χ4v) is 3.84. The van der Waals surface area contributed by atoms with E-state index < -0.39 is 20.1 Å². The highest BCUT2D eigenvalue weighted by molar-refractivity contribution is 7.91. The van der Waals surface area contributed by atoms with Gasteiger partial charge >= 0.3 is 0 Å². The van der Waals surface area contributed by atoms with Crippen LogP contribution >= 0.6 is 11.6 Å². The molecular weight excluding hydrogens is 314 g/mol. The topological polar surface area (TPSA) is 77.3 Å². The number of nitro benzene ring substituents is 1. The Labute approximate surface area is 127 Å². The molecular formula is C14H12ClNO4S. The van der Waals surface area contributed by atoms with E-state index in [0.29, 0.717) is 5.56 Å². The van der Waals surface area contributed by atoms with E-state index in [9.17, 15) is 18.5 Å². The van der Waals surface area contributed by atoms with Crippen molar-refractivity contribution in [2.45, 2.75) is 10.3 Å². The van der Waals surface area contributed by atoms with Gasteiger partial charge in [0.15, 0.2) is 9.84 Å². The Hall–Kier alpha value is -1.92. The predicted octanol–water partition coefficient (Wildman–Crippen LogP) is 3.35. The van der Waals surface area contributed by atoms with E-state index in [2.05, 4.69) is 0 Å². The summed E-state index contributed by atoms with van der Waals surface area (Å²) >= 11 is 6.13. The SMILES string of the molecule is O=[N+]([O-])c1cccc(S(=O)(=O)C[C@@H](Cl)c2ccccc2)c1. The summed E-state index contributed by atoms with van der Waals surface area (Å²) in [6.45, 7) is 0. The lowest BCUT2D eigenvalue weighted by Crippen LogP contribution is -2.11. The molecule has 0 saturated carbocycles. The molecule has 0 aliphatic rings. The van der Waals surface area contributed by atoms with Crippen molar-refractivity contribution < 1.29 is 13.3 Å². The summed E-state index contributed by atoms with van der Waals surface area (Å²) in [5, 5.41) is 10.00. The number of benzene rings is 2. The quantitative estimate of drug-likeness (QED) is 0.480. The van der Waals surface area contributed by atoms with Crippen LogP contribution in [0.3, 0.4) is 0 Å². The van der Waals surface area contributed by atoms with Crippen molar-refractivity contribution >= 4 is 27.1 Å². The van der Waals surface area contributed by atoms with E-state index in [0.717, 1.165) is 6.07 Å². The summed E-state index contributed by atoms with van der Waals surface area (Å²) in [5.41, 5.74) is 0.426. The Bertz CT molecular complexity index is 747. The van der Waals surface area contributed by atoms with Crippen molar-refractivity contribution in [2.24, 2.45) is 0 Å². The average molecular weight is 326 g/mol. The van der Waals surface area contributed by atoms with Gasteiger partial charge in [-0.25, -0.2) is 8.42 Å². The zero-order chi connectivity index (χ0) is 15.5. The second-order valence-electron chi connectivity index (χ2n) is 4.41. The van der Waals surface area contributed by atoms with Gasteiger partial charge < -0.3 is 0 Å². The van der Waals surface area contributed by atoms with Gasteiger partial charge in [0.1, 0.15) is 0 Å². The maximum atomic E-state index is 12.3. The minimum Gasteiger partial charge on any atom is -0.258 e. The summed E-state index contributed by atoms with van der Waals surface area (Å²) in [5.74, 6) is -0.320. The van der Waals surface area contributed by atoms with Crippen LogP contribution in [0, 0.1) is 10.1 Å². The van der Waals surface area contributed by atoms with Crippen LogP contribution in [-0.4, -0.2) is 19.1 Å². The van der Waals surface area contributed by atoms with Gasteiger partial charge in [0.25, 0.3) is 5.69 Å². The highest BCUT2D eigenvalue weighted by atomic mass is 35.5. The lowest BCUT2D eigenvalue weighted by molar-refractivity contribution is -0.385. The number of sulfone groups is 1. The van der Waals surface area contributed by atoms with Gasteiger partial charge in [-0.05, 0) is 11.6 Å². The van der Waals surface area contributed by atoms with Gasteiger partial charge in [0.2, 0.25) is 0 Å². The molecule has 0 N–H and O–H groups in total. The number of hydrogen-bond donors (Lipinski definition) is 0. The first-order valence-corrected chi connectivity index (χ1v) is 8.15. The summed E-state index contributed by atoms with van der Waals surface area (Å²) in [6.07, 6.45) is 0. The Morgan fingerprint density at radius 1 is 1.10 bits per heavy atom. The van der Waals surface area contributed by atoms with Crippen LogP contribution in [0.4, 0.5) is 5.69 Å². The molecule has 0 aliphatic heterocycles. The molecule has 2 aromatic rings. The molecule has 5 nitrogen and oxygen atoms in total. The molecule has 0 radical (unpaired) electrons. The summed E-state index contributed by atoms with van der Waals surface area (Å²) in [6, 6.07) is 13.8. The van der Waals surface area contributed by atoms with Gasteiger partial charge in [-0.2, -0.15) is 0 Å². The predicted molar refractivity (Wildman–Crippen MR) is 80.2 cm³/mol. The number of rotatable bonds is 5. The fraction of sp³-hybridized carbons (Fsp3) is 0.143. The van der Waals surface area contributed by atoms with Crippen molar-refractivity contribution in [1.82, 2.24) is 0 Å². The number of nitrogens with zero attached hydrogens (tertiary/aromatic N) is 1. The fourth-order valence-electron chi connectivity index (χ4n) is 1.84. The number of nitro groups is 1. The summed E-state index contributed by atoms with van der Waals surface area (Å²) < 4.78 is 24.6. The van der Waals surface area contributed by atoms with Crippen molar-refractivity contribution in [3.63, 3.8) is 0 Å². The standard InChI is InChI=1S/C14H12ClNO4S/c15-14(11-5-2-1-3-6-11)10-21(19,20)13-8-4-7-12(9-13)16(17)18/h1-9,14H,10H2/t14-/m1/s1. The van der Waals surface area contributed by atoms with Crippen molar-refractivity contribution in [1.29, 1.82) is 0 Å². The maximum absolute atomic E-state index is 12.3. The molecule has 0 fully saturated rings. The van der Waals surface area contributed by atoms with E-state index >= 15 is 0 Å². The Kier molecular flexibility index (Phi) is 4.59. The molecule has 2 rings (SSSR count). The van der Waals surface area contributed by atoms with Crippen LogP contribution < -0.4 is 0 Å². The van der Waals surface area contributed by atoms with Gasteiger partial charge in [-0.3, -0.25) is 10.1 Å². The molecule has 110 valence electrons. The molecule has 7 heteroatoms. The van der Waals surface area contributed by atoms with E-state index in [1.165, 1.54) is 18.2 Å². The zero-order valence-corrected chi connectivity index (χ0v) is 12.4. The molecule has 0 spiro atoms. The van der Waals surface area contributed by atoms with Crippen molar-refractivity contribution in [2.75, 3.05) is 5.75 Å². The number of halogens is 1. The smallest absolute Gasteiger partial charge is 0.258 e. The number of hydrogen-bond acceptors (Lipinski definition) is 4. The van der Waals surface area contributed by atoms with E-state index in [1.807, 2.05) is 6.07 Å². The largest absolute Gasteiger partial charge is 0.270 e. The number of alkyl halides is 1. The van der Waals surface area contributed by atoms with Crippen molar-refractivity contribution in [3.8, 4) is 0 Å². The van der Waals surface area contributed by atoms with Gasteiger partial charge in [-0.15, -0.1) is 11.6 Å². The second-order valence-corrected chi connectivity index (χ2v) is 6.98. The molecule has 21 heavy (non-hydrogen) atoms. The average Bonchev–Trinajstić information content (AvgIpc) is 2.48. The zero-order valence-electron chi connectivity index (χ0n) is 10.8. The molecule has 0 heterocycles. The first-order valence-electron chi connectivity index (χ1n) is 6.06. The maximum Gasteiger partial charge on any atom is 0.270 e. The van der Waals surface area contributed by atoms with E-state index in [-0.39, 0.29) is 16.3 Å². The third-order valence-corrected chi connectivity index (χ3v) is 5.25. The van der Waals surface area contributed by atoms with Crippen LogP contribution in [0.15, 0.2) is 59.5 Å². The normalized spacial score (nSPS) is 12.8. The lowest BCUT2D eigenvalue weighted by atomic mass is 10.2. The Balaban J connectivity index is 2.26. The molecule has 0 unspecified atom stereocenters. The van der Waals surface area contributed by atoms with Crippen molar-refractivity contribution in [3.05, 3.63) is 70.3 Å². The molecule has 2 aromatic carbocycles. The van der Waals surface area contributed by atoms with Crippen LogP contribution in [0.1, 0.15) is 10.9 Å². The Morgan fingerprint density at radius 2 is 1.76 bits per heavy atom. The first-order chi connectivity index (χ1) is 9.90. The van der Waals surface area contributed by atoms with Crippen LogP contribution in [0.25, 0.3) is 0 Å². The second kappa shape index (κ2) is 6.24. The summed E-state index contributed by atoms with van der Waals surface area (Å²) in [7, 11) is -3.70. The molecule has 0 aromatic heterocycles. The van der Waals surface area contributed by atoms with E-state index in [1.54, 1.807) is 24.3 Å². The Morgan fingerprint density at radius 3 is 2.38 bits per heavy atom. The van der Waals surface area contributed by atoms with Crippen LogP contribution in [0.2, 0.25) is 0 Å².